The van der Waals surface area contributed by atoms with Gasteiger partial charge in [-0.1, -0.05) is 28.7 Å². The van der Waals surface area contributed by atoms with Gasteiger partial charge in [-0.3, -0.25) is 13.9 Å². The lowest BCUT2D eigenvalue weighted by Crippen LogP contribution is -2.58. The van der Waals surface area contributed by atoms with Gasteiger partial charge in [0.1, 0.15) is 20.3 Å². The van der Waals surface area contributed by atoms with E-state index in [-0.39, 0.29) is 11.3 Å². The highest BCUT2D eigenvalue weighted by Gasteiger charge is 2.52. The van der Waals surface area contributed by atoms with Crippen molar-refractivity contribution < 1.29 is 13.4 Å². The number of amidine groups is 1. The molecule has 0 saturated carbocycles. The summed E-state index contributed by atoms with van der Waals surface area (Å²) >= 11 is 2.42. The van der Waals surface area contributed by atoms with Crippen molar-refractivity contribution in [1.29, 1.82) is 0 Å². The monoisotopic (exact) mass is 608 g/mol. The summed E-state index contributed by atoms with van der Waals surface area (Å²) in [5.74, 6) is 3.13. The first-order valence-electron chi connectivity index (χ1n) is 12.1. The first-order chi connectivity index (χ1) is 17.0. The number of fused-ring (bicyclic) bond motifs is 1. The van der Waals surface area contributed by atoms with Crippen LogP contribution in [0, 0.1) is 0 Å². The fourth-order valence-electron chi connectivity index (χ4n) is 5.19. The molecule has 2 unspecified atom stereocenters. The van der Waals surface area contributed by atoms with Crippen LogP contribution in [0.2, 0.25) is 0 Å². The third-order valence-corrected chi connectivity index (χ3v) is 10.7. The van der Waals surface area contributed by atoms with Crippen molar-refractivity contribution in [2.24, 2.45) is 17.0 Å². The maximum absolute atomic E-state index is 12.9. The summed E-state index contributed by atoms with van der Waals surface area (Å²) in [6, 6.07) is 6.11. The van der Waals surface area contributed by atoms with Gasteiger partial charge in [0, 0.05) is 49.9 Å². The molecular weight excluding hydrogens is 579 g/mol. The molecule has 0 aliphatic carbocycles. The second kappa shape index (κ2) is 9.47. The van der Waals surface area contributed by atoms with E-state index in [2.05, 4.69) is 50.0 Å². The molecule has 2 fully saturated rings. The SMILES string of the molecule is Cn1nc(-c2ccco2)cc1C1=CCN(C2=N[C@]3(I)CCS(=O)C3C(=NC3CCOCC3)N2)CC1. The second-order valence-corrected chi connectivity index (χ2v) is 12.9. The van der Waals surface area contributed by atoms with E-state index in [1.165, 1.54) is 5.57 Å². The van der Waals surface area contributed by atoms with E-state index in [4.69, 9.17) is 19.1 Å². The molecule has 6 heterocycles. The molecule has 0 bridgehead atoms. The molecule has 0 radical (unpaired) electrons. The topological polar surface area (TPSA) is 97.3 Å². The highest BCUT2D eigenvalue weighted by Crippen LogP contribution is 2.41. The van der Waals surface area contributed by atoms with Gasteiger partial charge in [-0.15, -0.1) is 0 Å². The van der Waals surface area contributed by atoms with Gasteiger partial charge in [-0.2, -0.15) is 5.10 Å². The summed E-state index contributed by atoms with van der Waals surface area (Å²) < 4.78 is 25.5. The van der Waals surface area contributed by atoms with Crippen molar-refractivity contribution in [1.82, 2.24) is 20.0 Å². The van der Waals surface area contributed by atoms with Gasteiger partial charge in [-0.05, 0) is 49.5 Å². The van der Waals surface area contributed by atoms with E-state index in [1.54, 1.807) is 6.26 Å². The number of halogens is 1. The average molecular weight is 609 g/mol. The highest BCUT2D eigenvalue weighted by atomic mass is 127. The van der Waals surface area contributed by atoms with Gasteiger partial charge in [0.05, 0.1) is 18.0 Å². The first kappa shape index (κ1) is 23.4. The van der Waals surface area contributed by atoms with Crippen LogP contribution in [0.3, 0.4) is 0 Å². The third-order valence-electron chi connectivity index (χ3n) is 7.10. The summed E-state index contributed by atoms with van der Waals surface area (Å²) in [6.45, 7) is 3.05. The lowest BCUT2D eigenvalue weighted by atomic mass is 10.0. The number of aryl methyl sites for hydroxylation is 1. The molecule has 0 aromatic carbocycles. The molecule has 9 nitrogen and oxygen atoms in total. The number of hydrogen-bond acceptors (Lipinski definition) is 7. The lowest BCUT2D eigenvalue weighted by molar-refractivity contribution is 0.0870. The molecule has 11 heteroatoms. The van der Waals surface area contributed by atoms with Crippen molar-refractivity contribution >= 4 is 50.8 Å². The van der Waals surface area contributed by atoms with Gasteiger partial charge in [0.2, 0.25) is 5.96 Å². The summed E-state index contributed by atoms with van der Waals surface area (Å²) in [6.07, 6.45) is 7.43. The Morgan fingerprint density at radius 2 is 2.20 bits per heavy atom. The van der Waals surface area contributed by atoms with Gasteiger partial charge >= 0.3 is 0 Å². The number of nitrogens with one attached hydrogen (secondary N) is 1. The molecule has 4 aliphatic rings. The van der Waals surface area contributed by atoms with Crippen LogP contribution in [-0.4, -0.2) is 77.6 Å². The molecule has 1 N–H and O–H groups in total. The molecule has 4 aliphatic heterocycles. The summed E-state index contributed by atoms with van der Waals surface area (Å²) in [5, 5.41) is 7.98. The summed E-state index contributed by atoms with van der Waals surface area (Å²) in [5.41, 5.74) is 3.22. The number of furan rings is 1. The van der Waals surface area contributed by atoms with Crippen molar-refractivity contribution in [3.05, 3.63) is 36.2 Å². The minimum absolute atomic E-state index is 0.167. The predicted octanol–water partition coefficient (Wildman–Crippen LogP) is 2.96. The number of aromatic nitrogens is 2. The number of guanidine groups is 1. The smallest absolute Gasteiger partial charge is 0.201 e. The van der Waals surface area contributed by atoms with Crippen molar-refractivity contribution in [3.8, 4) is 11.5 Å². The Hall–Kier alpha value is -1.99. The van der Waals surface area contributed by atoms with E-state index in [0.717, 1.165) is 80.9 Å². The standard InChI is InChI=1S/C24H29IN6O3S/c1-30-19(15-18(29-30)20-3-2-11-34-20)16-4-9-31(10-5-16)23-27-22(26-17-6-12-33-13-7-17)21-24(25,28-23)8-14-35(21)32/h2-4,11,15,17,21H,5-10,12-14H2,1H3,(H,26,27,28)/t21?,24-,35?/m1/s1. The Labute approximate surface area is 220 Å². The van der Waals surface area contributed by atoms with Crippen molar-refractivity contribution in [2.75, 3.05) is 32.1 Å². The van der Waals surface area contributed by atoms with Gasteiger partial charge in [0.15, 0.2) is 5.76 Å². The zero-order chi connectivity index (χ0) is 24.0. The van der Waals surface area contributed by atoms with Crippen molar-refractivity contribution in [3.63, 3.8) is 0 Å². The largest absolute Gasteiger partial charge is 0.463 e. The third kappa shape index (κ3) is 4.50. The number of alkyl halides is 1. The van der Waals surface area contributed by atoms with E-state index in [0.29, 0.717) is 5.75 Å². The minimum Gasteiger partial charge on any atom is -0.463 e. The molecule has 3 atom stereocenters. The molecule has 6 rings (SSSR count). The number of hydrogen-bond donors (Lipinski definition) is 1. The number of aliphatic imine (C=N–C) groups is 2. The summed E-state index contributed by atoms with van der Waals surface area (Å²) in [7, 11) is 1.01. The number of rotatable bonds is 3. The fraction of sp³-hybridized carbons (Fsp3) is 0.542. The van der Waals surface area contributed by atoms with Gasteiger partial charge in [-0.25, -0.2) is 4.99 Å². The van der Waals surface area contributed by atoms with E-state index in [9.17, 15) is 4.21 Å². The van der Waals surface area contributed by atoms with E-state index >= 15 is 0 Å². The zero-order valence-electron chi connectivity index (χ0n) is 19.7. The van der Waals surface area contributed by atoms with Crippen LogP contribution in [0.15, 0.2) is 44.9 Å². The summed E-state index contributed by atoms with van der Waals surface area (Å²) in [4.78, 5) is 12.4. The van der Waals surface area contributed by atoms with Crippen LogP contribution in [0.4, 0.5) is 0 Å². The quantitative estimate of drug-likeness (QED) is 0.327. The molecule has 0 spiro atoms. The van der Waals surface area contributed by atoms with E-state index < -0.39 is 14.3 Å². The van der Waals surface area contributed by atoms with Crippen LogP contribution in [-0.2, 0) is 22.6 Å². The normalized spacial score (nSPS) is 30.7. The molecule has 186 valence electrons. The van der Waals surface area contributed by atoms with Gasteiger partial charge in [0.25, 0.3) is 0 Å². The number of nitrogens with zero attached hydrogens (tertiary/aromatic N) is 5. The van der Waals surface area contributed by atoms with Crippen LogP contribution >= 0.6 is 22.6 Å². The van der Waals surface area contributed by atoms with Gasteiger partial charge < -0.3 is 19.4 Å². The average Bonchev–Trinajstić information content (AvgIpc) is 3.59. The van der Waals surface area contributed by atoms with Crippen LogP contribution in [0.5, 0.6) is 0 Å². The maximum atomic E-state index is 12.9. The highest BCUT2D eigenvalue weighted by molar-refractivity contribution is 14.1. The molecule has 2 aromatic heterocycles. The van der Waals surface area contributed by atoms with Crippen LogP contribution < -0.4 is 5.32 Å². The second-order valence-electron chi connectivity index (χ2n) is 9.39. The predicted molar refractivity (Wildman–Crippen MR) is 145 cm³/mol. The van der Waals surface area contributed by atoms with Crippen LogP contribution in [0.1, 0.15) is 31.4 Å². The van der Waals surface area contributed by atoms with Crippen LogP contribution in [0.25, 0.3) is 17.0 Å². The fourth-order valence-corrected chi connectivity index (χ4v) is 8.89. The van der Waals surface area contributed by atoms with Crippen molar-refractivity contribution in [2.45, 2.75) is 40.5 Å². The Kier molecular flexibility index (Phi) is 6.33. The molecule has 35 heavy (non-hydrogen) atoms. The lowest BCUT2D eigenvalue weighted by Gasteiger charge is -2.38. The molecule has 0 amide bonds. The molecular formula is C24H29IN6O3S. The Morgan fingerprint density at radius 3 is 2.94 bits per heavy atom. The Bertz CT molecular complexity index is 1220. The molecule has 2 saturated heterocycles. The zero-order valence-corrected chi connectivity index (χ0v) is 22.6. The molecule has 2 aromatic rings. The number of ether oxygens (including phenoxy) is 1. The maximum Gasteiger partial charge on any atom is 0.201 e. The van der Waals surface area contributed by atoms with E-state index in [1.807, 2.05) is 23.9 Å². The Balaban J connectivity index is 1.24. The first-order valence-corrected chi connectivity index (χ1v) is 14.6. The Morgan fingerprint density at radius 1 is 1.34 bits per heavy atom. The minimum atomic E-state index is -0.964.